The summed E-state index contributed by atoms with van der Waals surface area (Å²) in [5.74, 6) is 0.285. The molecule has 0 aliphatic carbocycles. The van der Waals surface area contributed by atoms with Gasteiger partial charge in [0.05, 0.1) is 10.9 Å². The fraction of sp³-hybridized carbons (Fsp3) is 0.429. The summed E-state index contributed by atoms with van der Waals surface area (Å²) in [5.41, 5.74) is 2.28. The number of hydrogen-bond donors (Lipinski definition) is 0. The number of nitrogens with zero attached hydrogens (tertiary/aromatic N) is 2. The Morgan fingerprint density at radius 3 is 2.56 bits per heavy atom. The highest BCUT2D eigenvalue weighted by molar-refractivity contribution is 7.16. The molecular formula is C21H25ClN2O2S. The lowest BCUT2D eigenvalue weighted by atomic mass is 9.92. The fourth-order valence-corrected chi connectivity index (χ4v) is 4.62. The molecule has 0 radical (unpaired) electrons. The standard InChI is InChI=1S/C21H25ClN2O2S/c1-14(2)10-20(25)24-12-16-7-5-4-6-15(16)11-18(24)21(26)23(3)13-17-8-9-19(22)27-17/h4-9,14,18H,10-13H2,1-3H3. The lowest BCUT2D eigenvalue weighted by Crippen LogP contribution is -2.52. The molecule has 2 heterocycles. The van der Waals surface area contributed by atoms with Crippen molar-refractivity contribution in [1.29, 1.82) is 0 Å². The third-order valence-electron chi connectivity index (χ3n) is 4.83. The highest BCUT2D eigenvalue weighted by atomic mass is 35.5. The van der Waals surface area contributed by atoms with E-state index in [-0.39, 0.29) is 17.7 Å². The van der Waals surface area contributed by atoms with Gasteiger partial charge in [-0.15, -0.1) is 11.3 Å². The van der Waals surface area contributed by atoms with Gasteiger partial charge in [-0.25, -0.2) is 0 Å². The summed E-state index contributed by atoms with van der Waals surface area (Å²) in [7, 11) is 1.79. The predicted molar refractivity (Wildman–Crippen MR) is 110 cm³/mol. The molecule has 1 aliphatic heterocycles. The first-order chi connectivity index (χ1) is 12.8. The molecule has 0 N–H and O–H groups in total. The summed E-state index contributed by atoms with van der Waals surface area (Å²) in [5, 5.41) is 0. The number of benzene rings is 1. The van der Waals surface area contributed by atoms with E-state index in [1.54, 1.807) is 16.8 Å². The van der Waals surface area contributed by atoms with Gasteiger partial charge in [0.15, 0.2) is 0 Å². The molecular weight excluding hydrogens is 380 g/mol. The van der Waals surface area contributed by atoms with Crippen LogP contribution in [0.25, 0.3) is 0 Å². The van der Waals surface area contributed by atoms with Crippen molar-refractivity contribution in [2.45, 2.75) is 45.8 Å². The molecule has 27 heavy (non-hydrogen) atoms. The number of likely N-dealkylation sites (N-methyl/N-ethyl adjacent to an activating group) is 1. The molecule has 1 atom stereocenters. The van der Waals surface area contributed by atoms with Crippen molar-refractivity contribution in [3.63, 3.8) is 0 Å². The third kappa shape index (κ3) is 4.71. The first-order valence-corrected chi connectivity index (χ1v) is 10.4. The second kappa shape index (κ2) is 8.44. The van der Waals surface area contributed by atoms with Crippen LogP contribution in [0, 0.1) is 5.92 Å². The molecule has 0 saturated carbocycles. The first-order valence-electron chi connectivity index (χ1n) is 9.20. The summed E-state index contributed by atoms with van der Waals surface area (Å²) in [6.45, 7) is 5.05. The first kappa shape index (κ1) is 19.9. The predicted octanol–water partition coefficient (Wildman–Crippen LogP) is 4.36. The third-order valence-corrected chi connectivity index (χ3v) is 6.05. The monoisotopic (exact) mass is 404 g/mol. The Morgan fingerprint density at radius 1 is 1.22 bits per heavy atom. The average molecular weight is 405 g/mol. The normalized spacial score (nSPS) is 16.3. The molecule has 144 valence electrons. The second-order valence-electron chi connectivity index (χ2n) is 7.51. The van der Waals surface area contributed by atoms with Gasteiger partial charge >= 0.3 is 0 Å². The van der Waals surface area contributed by atoms with Gasteiger partial charge in [-0.2, -0.15) is 0 Å². The van der Waals surface area contributed by atoms with E-state index in [4.69, 9.17) is 11.6 Å². The van der Waals surface area contributed by atoms with E-state index in [0.717, 1.165) is 16.0 Å². The molecule has 2 aromatic rings. The van der Waals surface area contributed by atoms with Crippen LogP contribution in [0.2, 0.25) is 4.34 Å². The van der Waals surface area contributed by atoms with Crippen molar-refractivity contribution in [2.75, 3.05) is 7.05 Å². The number of halogens is 1. The van der Waals surface area contributed by atoms with Crippen LogP contribution in [0.15, 0.2) is 36.4 Å². The quantitative estimate of drug-likeness (QED) is 0.742. The Bertz CT molecular complexity index is 833. The number of fused-ring (bicyclic) bond motifs is 1. The highest BCUT2D eigenvalue weighted by Crippen LogP contribution is 2.27. The zero-order valence-corrected chi connectivity index (χ0v) is 17.5. The van der Waals surface area contributed by atoms with E-state index in [1.807, 2.05) is 44.2 Å². The topological polar surface area (TPSA) is 40.6 Å². The fourth-order valence-electron chi connectivity index (χ4n) is 3.47. The Morgan fingerprint density at radius 2 is 1.93 bits per heavy atom. The summed E-state index contributed by atoms with van der Waals surface area (Å²) >= 11 is 7.48. The highest BCUT2D eigenvalue weighted by Gasteiger charge is 2.36. The summed E-state index contributed by atoms with van der Waals surface area (Å²) in [6, 6.07) is 11.4. The Labute approximate surface area is 169 Å². The molecule has 0 spiro atoms. The molecule has 1 unspecified atom stereocenters. The van der Waals surface area contributed by atoms with Crippen LogP contribution < -0.4 is 0 Å². The lowest BCUT2D eigenvalue weighted by Gasteiger charge is -2.38. The Kier molecular flexibility index (Phi) is 6.22. The SMILES string of the molecule is CC(C)CC(=O)N1Cc2ccccc2CC1C(=O)N(C)Cc1ccc(Cl)s1. The zero-order chi connectivity index (χ0) is 19.6. The van der Waals surface area contributed by atoms with Gasteiger partial charge < -0.3 is 9.80 Å². The van der Waals surface area contributed by atoms with Crippen molar-refractivity contribution in [2.24, 2.45) is 5.92 Å². The Hall–Kier alpha value is -1.85. The van der Waals surface area contributed by atoms with Gasteiger partial charge in [0, 0.05) is 31.3 Å². The van der Waals surface area contributed by atoms with Gasteiger partial charge in [-0.05, 0) is 29.2 Å². The van der Waals surface area contributed by atoms with Crippen molar-refractivity contribution in [1.82, 2.24) is 9.80 Å². The minimum absolute atomic E-state index is 0.0221. The van der Waals surface area contributed by atoms with E-state index in [1.165, 1.54) is 11.3 Å². The number of amides is 2. The van der Waals surface area contributed by atoms with Gasteiger partial charge in [0.2, 0.25) is 11.8 Å². The average Bonchev–Trinajstić information content (AvgIpc) is 3.04. The van der Waals surface area contributed by atoms with E-state index in [2.05, 4.69) is 6.07 Å². The maximum absolute atomic E-state index is 13.2. The van der Waals surface area contributed by atoms with Crippen LogP contribution in [0.3, 0.4) is 0 Å². The molecule has 3 rings (SSSR count). The van der Waals surface area contributed by atoms with Crippen molar-refractivity contribution < 1.29 is 9.59 Å². The van der Waals surface area contributed by atoms with E-state index < -0.39 is 6.04 Å². The number of thiophene rings is 1. The van der Waals surface area contributed by atoms with E-state index >= 15 is 0 Å². The minimum Gasteiger partial charge on any atom is -0.339 e. The summed E-state index contributed by atoms with van der Waals surface area (Å²) < 4.78 is 0.714. The van der Waals surface area contributed by atoms with Crippen LogP contribution in [-0.2, 0) is 29.1 Å². The Balaban J connectivity index is 1.82. The molecule has 1 aromatic carbocycles. The van der Waals surface area contributed by atoms with Gasteiger partial charge in [-0.1, -0.05) is 49.7 Å². The maximum Gasteiger partial charge on any atom is 0.245 e. The molecule has 1 aromatic heterocycles. The summed E-state index contributed by atoms with van der Waals surface area (Å²) in [6.07, 6.45) is 1.02. The van der Waals surface area contributed by atoms with Crippen LogP contribution in [0.4, 0.5) is 0 Å². The zero-order valence-electron chi connectivity index (χ0n) is 15.9. The molecule has 2 amide bonds. The number of rotatable bonds is 5. The van der Waals surface area contributed by atoms with E-state index in [9.17, 15) is 9.59 Å². The molecule has 1 aliphatic rings. The van der Waals surface area contributed by atoms with Gasteiger partial charge in [0.1, 0.15) is 6.04 Å². The largest absolute Gasteiger partial charge is 0.339 e. The summed E-state index contributed by atoms with van der Waals surface area (Å²) in [4.78, 5) is 30.6. The van der Waals surface area contributed by atoms with Crippen LogP contribution in [0.5, 0.6) is 0 Å². The molecule has 0 saturated heterocycles. The number of carbonyl (C=O) groups is 2. The molecule has 0 bridgehead atoms. The molecule has 0 fully saturated rings. The second-order valence-corrected chi connectivity index (χ2v) is 9.31. The van der Waals surface area contributed by atoms with Crippen LogP contribution >= 0.6 is 22.9 Å². The molecule has 4 nitrogen and oxygen atoms in total. The smallest absolute Gasteiger partial charge is 0.245 e. The minimum atomic E-state index is -0.452. The number of hydrogen-bond acceptors (Lipinski definition) is 3. The maximum atomic E-state index is 13.2. The van der Waals surface area contributed by atoms with Crippen LogP contribution in [-0.4, -0.2) is 34.7 Å². The van der Waals surface area contributed by atoms with Crippen molar-refractivity contribution in [3.8, 4) is 0 Å². The van der Waals surface area contributed by atoms with Crippen molar-refractivity contribution >= 4 is 34.8 Å². The van der Waals surface area contributed by atoms with Crippen molar-refractivity contribution in [3.05, 3.63) is 56.7 Å². The number of carbonyl (C=O) groups excluding carboxylic acids is 2. The van der Waals surface area contributed by atoms with Gasteiger partial charge in [0.25, 0.3) is 0 Å². The van der Waals surface area contributed by atoms with E-state index in [0.29, 0.717) is 30.3 Å². The molecule has 6 heteroatoms. The van der Waals surface area contributed by atoms with Gasteiger partial charge in [-0.3, -0.25) is 9.59 Å². The lowest BCUT2D eigenvalue weighted by molar-refractivity contribution is -0.147. The van der Waals surface area contributed by atoms with Crippen LogP contribution in [0.1, 0.15) is 36.3 Å².